The van der Waals surface area contributed by atoms with Gasteiger partial charge in [0.05, 0.1) is 19.4 Å². The van der Waals surface area contributed by atoms with Gasteiger partial charge in [0.25, 0.3) is 5.91 Å². The highest BCUT2D eigenvalue weighted by Crippen LogP contribution is 2.18. The Morgan fingerprint density at radius 1 is 1.11 bits per heavy atom. The molecule has 10 nitrogen and oxygen atoms in total. The molecule has 0 aromatic heterocycles. The number of carbonyl (C=O) groups excluding carboxylic acids is 2. The van der Waals surface area contributed by atoms with E-state index in [1.807, 2.05) is 24.3 Å². The van der Waals surface area contributed by atoms with Crippen molar-refractivity contribution in [3.05, 3.63) is 65.2 Å². The molecule has 1 unspecified atom stereocenters. The maximum Gasteiger partial charge on any atom is 0.329 e. The fraction of sp³-hybridized carbons (Fsp3) is 0.385. The third-order valence-electron chi connectivity index (χ3n) is 5.91. The van der Waals surface area contributed by atoms with E-state index in [-0.39, 0.29) is 24.5 Å². The van der Waals surface area contributed by atoms with Crippen molar-refractivity contribution in [1.82, 2.24) is 15.6 Å². The van der Waals surface area contributed by atoms with Crippen LogP contribution in [-0.4, -0.2) is 80.0 Å². The van der Waals surface area contributed by atoms with Crippen molar-refractivity contribution >= 4 is 24.0 Å². The molecule has 0 aliphatic carbocycles. The molecule has 2 aromatic carbocycles. The van der Waals surface area contributed by atoms with Crippen LogP contribution in [0.5, 0.6) is 5.75 Å². The first-order valence-electron chi connectivity index (χ1n) is 11.8. The highest BCUT2D eigenvalue weighted by atomic mass is 16.5. The predicted molar refractivity (Wildman–Crippen MR) is 134 cm³/mol. The Hall–Kier alpha value is -3.92. The first-order chi connectivity index (χ1) is 17.4. The van der Waals surface area contributed by atoms with Crippen LogP contribution in [0.3, 0.4) is 0 Å². The molecular formula is C26H32N4O6. The molecule has 1 fully saturated rings. The van der Waals surface area contributed by atoms with Gasteiger partial charge in [-0.15, -0.1) is 0 Å². The maximum atomic E-state index is 13.5. The van der Waals surface area contributed by atoms with E-state index in [4.69, 9.17) is 14.6 Å². The molecule has 2 aromatic rings. The molecule has 0 radical (unpaired) electrons. The number of piperidine rings is 1. The van der Waals surface area contributed by atoms with Gasteiger partial charge in [-0.2, -0.15) is 5.10 Å². The lowest BCUT2D eigenvalue weighted by Crippen LogP contribution is -2.52. The Morgan fingerprint density at radius 2 is 1.78 bits per heavy atom. The molecule has 2 amide bonds. The van der Waals surface area contributed by atoms with Gasteiger partial charge in [-0.3, -0.25) is 9.59 Å². The fourth-order valence-electron chi connectivity index (χ4n) is 3.95. The number of hydrazone groups is 1. The van der Waals surface area contributed by atoms with Crippen molar-refractivity contribution in [1.29, 1.82) is 0 Å². The number of methoxy groups -OCH3 is 1. The third kappa shape index (κ3) is 7.81. The summed E-state index contributed by atoms with van der Waals surface area (Å²) in [5, 5.41) is 15.7. The Bertz CT molecular complexity index is 1050. The van der Waals surface area contributed by atoms with E-state index in [0.29, 0.717) is 43.7 Å². The highest BCUT2D eigenvalue weighted by Gasteiger charge is 2.30. The molecule has 192 valence electrons. The van der Waals surface area contributed by atoms with Gasteiger partial charge in [0, 0.05) is 32.1 Å². The highest BCUT2D eigenvalue weighted by molar-refractivity contribution is 5.98. The third-order valence-corrected chi connectivity index (χ3v) is 5.91. The molecule has 1 aliphatic rings. The van der Waals surface area contributed by atoms with Crippen LogP contribution in [0, 0.1) is 0 Å². The molecule has 1 aliphatic heterocycles. The number of likely N-dealkylation sites (tertiary alicyclic amines) is 1. The second-order valence-electron chi connectivity index (χ2n) is 8.41. The van der Waals surface area contributed by atoms with E-state index < -0.39 is 12.0 Å². The van der Waals surface area contributed by atoms with Crippen LogP contribution in [0.1, 0.15) is 34.3 Å². The summed E-state index contributed by atoms with van der Waals surface area (Å²) in [6.45, 7) is 0.504. The molecule has 36 heavy (non-hydrogen) atoms. The van der Waals surface area contributed by atoms with Crippen LogP contribution >= 0.6 is 0 Å². The molecule has 1 heterocycles. The summed E-state index contributed by atoms with van der Waals surface area (Å²) < 4.78 is 10.6. The van der Waals surface area contributed by atoms with E-state index in [0.717, 1.165) is 11.1 Å². The lowest BCUT2D eigenvalue weighted by Gasteiger charge is -2.34. The van der Waals surface area contributed by atoms with Crippen LogP contribution < -0.4 is 15.5 Å². The molecule has 3 rings (SSSR count). The smallest absolute Gasteiger partial charge is 0.329 e. The number of benzene rings is 2. The Labute approximate surface area is 210 Å². The number of rotatable bonds is 11. The second-order valence-corrected chi connectivity index (χ2v) is 8.41. The molecule has 10 heteroatoms. The van der Waals surface area contributed by atoms with Crippen LogP contribution in [0.4, 0.5) is 0 Å². The number of carboxylic acids is 1. The average molecular weight is 497 g/mol. The molecule has 3 N–H and O–H groups in total. The lowest BCUT2D eigenvalue weighted by atomic mass is 10.0. The number of aliphatic carboxylic acids is 1. The number of ether oxygens (including phenoxy) is 2. The quantitative estimate of drug-likeness (QED) is 0.319. The Morgan fingerprint density at radius 3 is 2.36 bits per heavy atom. The van der Waals surface area contributed by atoms with E-state index in [1.165, 1.54) is 0 Å². The van der Waals surface area contributed by atoms with Gasteiger partial charge in [-0.1, -0.05) is 24.3 Å². The zero-order chi connectivity index (χ0) is 25.9. The fourth-order valence-corrected chi connectivity index (χ4v) is 3.95. The zero-order valence-electron chi connectivity index (χ0n) is 20.5. The monoisotopic (exact) mass is 496 g/mol. The molecular weight excluding hydrogens is 464 g/mol. The first kappa shape index (κ1) is 26.7. The number of carboxylic acid groups (broad SMARTS) is 1. The SMILES string of the molecule is CNN=Cc1ccc(C(=O)NC(Cc2ccc(OC)cc2)C(=O)N2CCC(OCC(=O)O)CC2)cc1. The van der Waals surface area contributed by atoms with Gasteiger partial charge in [0.2, 0.25) is 5.91 Å². The summed E-state index contributed by atoms with van der Waals surface area (Å²) in [4.78, 5) is 39.0. The molecule has 1 atom stereocenters. The first-order valence-corrected chi connectivity index (χ1v) is 11.8. The molecule has 0 spiro atoms. The van der Waals surface area contributed by atoms with E-state index >= 15 is 0 Å². The van der Waals surface area contributed by atoms with Crippen molar-refractivity contribution < 1.29 is 29.0 Å². The summed E-state index contributed by atoms with van der Waals surface area (Å²) in [6.07, 6.45) is 2.83. The van der Waals surface area contributed by atoms with Crippen molar-refractivity contribution in [2.24, 2.45) is 5.10 Å². The van der Waals surface area contributed by atoms with Crippen molar-refractivity contribution in [2.45, 2.75) is 31.4 Å². The van der Waals surface area contributed by atoms with Crippen molar-refractivity contribution in [2.75, 3.05) is 33.9 Å². The van der Waals surface area contributed by atoms with Gasteiger partial charge >= 0.3 is 5.97 Å². The Balaban J connectivity index is 1.70. The topological polar surface area (TPSA) is 130 Å². The number of hydrogen-bond donors (Lipinski definition) is 3. The second kappa shape index (κ2) is 13.2. The summed E-state index contributed by atoms with van der Waals surface area (Å²) in [6, 6.07) is 13.5. The van der Waals surface area contributed by atoms with Crippen LogP contribution in [-0.2, 0) is 20.7 Å². The normalized spacial score (nSPS) is 14.9. The summed E-state index contributed by atoms with van der Waals surface area (Å²) in [5.41, 5.74) is 4.82. The minimum Gasteiger partial charge on any atom is -0.497 e. The lowest BCUT2D eigenvalue weighted by molar-refractivity contribution is -0.147. The van der Waals surface area contributed by atoms with E-state index in [9.17, 15) is 14.4 Å². The van der Waals surface area contributed by atoms with Gasteiger partial charge in [0.15, 0.2) is 0 Å². The standard InChI is InChI=1S/C26H32N4O6/c1-27-28-16-19-3-7-20(8-4-19)25(33)29-23(15-18-5-9-21(35-2)10-6-18)26(34)30-13-11-22(12-14-30)36-17-24(31)32/h3-10,16,22-23,27H,11-15,17H2,1-2H3,(H,29,33)(H,31,32). The summed E-state index contributed by atoms with van der Waals surface area (Å²) >= 11 is 0. The van der Waals surface area contributed by atoms with E-state index in [1.54, 1.807) is 49.5 Å². The zero-order valence-corrected chi connectivity index (χ0v) is 20.5. The minimum absolute atomic E-state index is 0.186. The average Bonchev–Trinajstić information content (AvgIpc) is 2.91. The van der Waals surface area contributed by atoms with Gasteiger partial charge < -0.3 is 30.2 Å². The Kier molecular flexibility index (Phi) is 9.82. The number of nitrogens with zero attached hydrogens (tertiary/aromatic N) is 2. The molecule has 0 saturated carbocycles. The van der Waals surface area contributed by atoms with Gasteiger partial charge in [0.1, 0.15) is 18.4 Å². The number of hydrogen-bond acceptors (Lipinski definition) is 7. The maximum absolute atomic E-state index is 13.5. The largest absolute Gasteiger partial charge is 0.497 e. The van der Waals surface area contributed by atoms with Crippen molar-refractivity contribution in [3.8, 4) is 5.75 Å². The van der Waals surface area contributed by atoms with Crippen LogP contribution in [0.25, 0.3) is 0 Å². The molecule has 0 bridgehead atoms. The summed E-state index contributed by atoms with van der Waals surface area (Å²) in [7, 11) is 3.28. The number of carbonyl (C=O) groups is 3. The van der Waals surface area contributed by atoms with Gasteiger partial charge in [-0.05, 0) is 48.2 Å². The van der Waals surface area contributed by atoms with Crippen molar-refractivity contribution in [3.63, 3.8) is 0 Å². The van der Waals surface area contributed by atoms with E-state index in [2.05, 4.69) is 15.8 Å². The number of nitrogens with one attached hydrogen (secondary N) is 2. The van der Waals surface area contributed by atoms with Gasteiger partial charge in [-0.25, -0.2) is 4.79 Å². The van der Waals surface area contributed by atoms with Crippen LogP contribution in [0.15, 0.2) is 53.6 Å². The predicted octanol–water partition coefficient (Wildman–Crippen LogP) is 1.68. The minimum atomic E-state index is -1.02. The van der Waals surface area contributed by atoms with Crippen LogP contribution in [0.2, 0.25) is 0 Å². The number of amides is 2. The molecule has 1 saturated heterocycles. The summed E-state index contributed by atoms with van der Waals surface area (Å²) in [5.74, 6) is -0.846.